The van der Waals surface area contributed by atoms with Gasteiger partial charge in [-0.3, -0.25) is 0 Å². The fourth-order valence-corrected chi connectivity index (χ4v) is 4.49. The van der Waals surface area contributed by atoms with Crippen molar-refractivity contribution in [2.75, 3.05) is 20.3 Å². The number of methoxy groups -OCH3 is 1. The van der Waals surface area contributed by atoms with Crippen molar-refractivity contribution >= 4 is 5.97 Å². The molecule has 0 spiro atoms. The fraction of sp³-hybridized carbons (Fsp3) is 0.312. The summed E-state index contributed by atoms with van der Waals surface area (Å²) < 4.78 is 28.7. The van der Waals surface area contributed by atoms with Crippen LogP contribution >= 0.6 is 0 Å². The van der Waals surface area contributed by atoms with Crippen molar-refractivity contribution in [2.45, 2.75) is 45.4 Å². The lowest BCUT2D eigenvalue weighted by molar-refractivity contribution is 0.0730. The zero-order valence-electron chi connectivity index (χ0n) is 23.1. The van der Waals surface area contributed by atoms with E-state index in [1.54, 1.807) is 49.6 Å². The van der Waals surface area contributed by atoms with Gasteiger partial charge in [0.25, 0.3) is 0 Å². The average molecular weight is 543 g/mol. The molecule has 0 aromatic heterocycles. The molecule has 1 aliphatic rings. The predicted molar refractivity (Wildman–Crippen MR) is 151 cm³/mol. The van der Waals surface area contributed by atoms with Crippen LogP contribution in [0.1, 0.15) is 66.9 Å². The molecule has 0 saturated heterocycles. The quantitative estimate of drug-likeness (QED) is 0.157. The van der Waals surface area contributed by atoms with Crippen molar-refractivity contribution in [3.8, 4) is 34.8 Å². The van der Waals surface area contributed by atoms with Gasteiger partial charge in [-0.05, 0) is 48.7 Å². The summed E-state index contributed by atoms with van der Waals surface area (Å²) in [6.45, 7) is 5.22. The number of para-hydroxylation sites is 1. The Morgan fingerprint density at radius 2 is 1.75 bits per heavy atom. The molecule has 1 aliphatic heterocycles. The highest BCUT2D eigenvalue weighted by Crippen LogP contribution is 2.45. The van der Waals surface area contributed by atoms with E-state index in [9.17, 15) is 10.1 Å². The van der Waals surface area contributed by atoms with Gasteiger partial charge in [0.1, 0.15) is 34.5 Å². The number of fused-ring (bicyclic) bond motifs is 1. The number of ether oxygens (including phenoxy) is 5. The Bertz CT molecular complexity index is 1430. The standard InChI is InChI=1S/C32H34N2O6/c1-4-6-9-17-38-27-15-12-21(18-29(27)36-3)30-23-14-13-22(19-28(23)40-31(34)25(30)20-33)39-32(35)24-10-7-8-11-26(24)37-16-5-2/h7-8,10-15,18-19,30H,4-6,9,16-17,34H2,1-3H3. The van der Waals surface area contributed by atoms with Crippen LogP contribution in [-0.2, 0) is 0 Å². The number of carbonyl (C=O) groups excluding carboxylic acids is 1. The molecule has 0 saturated carbocycles. The highest BCUT2D eigenvalue weighted by Gasteiger charge is 2.32. The van der Waals surface area contributed by atoms with Crippen molar-refractivity contribution < 1.29 is 28.5 Å². The summed E-state index contributed by atoms with van der Waals surface area (Å²) in [7, 11) is 1.58. The number of unbranched alkanes of at least 4 members (excludes halogenated alkanes) is 2. The van der Waals surface area contributed by atoms with Crippen LogP contribution in [0.3, 0.4) is 0 Å². The van der Waals surface area contributed by atoms with E-state index in [-0.39, 0.29) is 17.2 Å². The van der Waals surface area contributed by atoms with E-state index in [2.05, 4.69) is 13.0 Å². The zero-order chi connectivity index (χ0) is 28.5. The van der Waals surface area contributed by atoms with Crippen LogP contribution in [0, 0.1) is 11.3 Å². The van der Waals surface area contributed by atoms with Crippen LogP contribution in [-0.4, -0.2) is 26.3 Å². The summed E-state index contributed by atoms with van der Waals surface area (Å²) in [6.07, 6.45) is 3.96. The molecule has 0 bridgehead atoms. The SMILES string of the molecule is CCCCCOc1ccc(C2C(C#N)=C(N)Oc3cc(OC(=O)c4ccccc4OCCC)ccc32)cc1OC. The molecule has 0 fully saturated rings. The monoisotopic (exact) mass is 542 g/mol. The van der Waals surface area contributed by atoms with E-state index in [1.165, 1.54) is 0 Å². The second kappa shape index (κ2) is 13.4. The Balaban J connectivity index is 1.62. The topological polar surface area (TPSA) is 113 Å². The summed E-state index contributed by atoms with van der Waals surface area (Å²) in [5.41, 5.74) is 8.28. The van der Waals surface area contributed by atoms with Crippen molar-refractivity contribution in [1.29, 1.82) is 5.26 Å². The van der Waals surface area contributed by atoms with Crippen molar-refractivity contribution in [3.05, 3.63) is 88.8 Å². The molecule has 8 nitrogen and oxygen atoms in total. The molecule has 2 N–H and O–H groups in total. The summed E-state index contributed by atoms with van der Waals surface area (Å²) in [5, 5.41) is 9.95. The second-order valence-corrected chi connectivity index (χ2v) is 9.32. The number of nitrogens with two attached hydrogens (primary N) is 1. The Morgan fingerprint density at radius 3 is 2.50 bits per heavy atom. The van der Waals surface area contributed by atoms with Gasteiger partial charge < -0.3 is 29.4 Å². The summed E-state index contributed by atoms with van der Waals surface area (Å²) in [6, 6.07) is 19.8. The van der Waals surface area contributed by atoms with E-state index in [1.807, 2.05) is 25.1 Å². The number of nitriles is 1. The lowest BCUT2D eigenvalue weighted by Crippen LogP contribution is -2.21. The van der Waals surface area contributed by atoms with Gasteiger partial charge in [-0.1, -0.05) is 51.0 Å². The first-order chi connectivity index (χ1) is 19.5. The minimum Gasteiger partial charge on any atom is -0.493 e. The molecule has 1 heterocycles. The summed E-state index contributed by atoms with van der Waals surface area (Å²) >= 11 is 0. The maximum Gasteiger partial charge on any atom is 0.347 e. The number of allylic oxidation sites excluding steroid dienone is 1. The number of esters is 1. The average Bonchev–Trinajstić information content (AvgIpc) is 2.97. The number of carbonyl (C=O) groups is 1. The highest BCUT2D eigenvalue weighted by molar-refractivity contribution is 5.94. The van der Waals surface area contributed by atoms with Crippen molar-refractivity contribution in [2.24, 2.45) is 5.73 Å². The molecule has 0 aliphatic carbocycles. The normalized spacial score (nSPS) is 14.0. The molecular weight excluding hydrogens is 508 g/mol. The fourth-order valence-electron chi connectivity index (χ4n) is 4.49. The molecular formula is C32H34N2O6. The Kier molecular flexibility index (Phi) is 9.53. The van der Waals surface area contributed by atoms with Gasteiger partial charge in [0.05, 0.1) is 26.2 Å². The largest absolute Gasteiger partial charge is 0.493 e. The van der Waals surface area contributed by atoms with Gasteiger partial charge in [0.15, 0.2) is 11.5 Å². The molecule has 40 heavy (non-hydrogen) atoms. The third-order valence-electron chi connectivity index (χ3n) is 6.50. The van der Waals surface area contributed by atoms with Crippen LogP contribution in [0.4, 0.5) is 0 Å². The van der Waals surface area contributed by atoms with Crippen LogP contribution in [0.25, 0.3) is 0 Å². The third kappa shape index (κ3) is 6.32. The smallest absolute Gasteiger partial charge is 0.347 e. The van der Waals surface area contributed by atoms with E-state index >= 15 is 0 Å². The summed E-state index contributed by atoms with van der Waals surface area (Å²) in [5.74, 6) is 1.24. The van der Waals surface area contributed by atoms with Crippen LogP contribution in [0.2, 0.25) is 0 Å². The van der Waals surface area contributed by atoms with Crippen molar-refractivity contribution in [3.63, 3.8) is 0 Å². The lowest BCUT2D eigenvalue weighted by atomic mass is 9.83. The van der Waals surface area contributed by atoms with Gasteiger partial charge in [-0.2, -0.15) is 5.26 Å². The Morgan fingerprint density at radius 1 is 0.950 bits per heavy atom. The van der Waals surface area contributed by atoms with Gasteiger partial charge in [-0.25, -0.2) is 4.79 Å². The van der Waals surface area contributed by atoms with Crippen LogP contribution in [0.15, 0.2) is 72.1 Å². The maximum absolute atomic E-state index is 13.0. The lowest BCUT2D eigenvalue weighted by Gasteiger charge is -2.27. The van der Waals surface area contributed by atoms with Gasteiger partial charge >= 0.3 is 5.97 Å². The number of hydrogen-bond acceptors (Lipinski definition) is 8. The highest BCUT2D eigenvalue weighted by atomic mass is 16.5. The minimum absolute atomic E-state index is 0.0133. The zero-order valence-corrected chi connectivity index (χ0v) is 23.1. The Hall–Kier alpha value is -4.64. The second-order valence-electron chi connectivity index (χ2n) is 9.32. The number of nitrogens with zero attached hydrogens (tertiary/aromatic N) is 1. The van der Waals surface area contributed by atoms with Gasteiger partial charge in [0.2, 0.25) is 5.88 Å². The molecule has 208 valence electrons. The maximum atomic E-state index is 13.0. The molecule has 1 atom stereocenters. The van der Waals surface area contributed by atoms with Crippen molar-refractivity contribution in [1.82, 2.24) is 0 Å². The molecule has 3 aromatic carbocycles. The number of benzene rings is 3. The van der Waals surface area contributed by atoms with E-state index in [0.29, 0.717) is 47.3 Å². The molecule has 1 unspecified atom stereocenters. The Labute approximate surface area is 234 Å². The molecule has 8 heteroatoms. The molecule has 3 aromatic rings. The number of rotatable bonds is 12. The third-order valence-corrected chi connectivity index (χ3v) is 6.50. The van der Waals surface area contributed by atoms with Gasteiger partial charge in [0, 0.05) is 11.6 Å². The number of hydrogen-bond donors (Lipinski definition) is 1. The van der Waals surface area contributed by atoms with Gasteiger partial charge in [-0.15, -0.1) is 0 Å². The molecule has 0 radical (unpaired) electrons. The van der Waals surface area contributed by atoms with E-state index < -0.39 is 11.9 Å². The van der Waals surface area contributed by atoms with Crippen LogP contribution in [0.5, 0.6) is 28.7 Å². The van der Waals surface area contributed by atoms with E-state index in [4.69, 9.17) is 29.4 Å². The molecule has 4 rings (SSSR count). The first kappa shape index (κ1) is 28.4. The first-order valence-corrected chi connectivity index (χ1v) is 13.5. The first-order valence-electron chi connectivity index (χ1n) is 13.5. The predicted octanol–water partition coefficient (Wildman–Crippen LogP) is 6.49. The summed E-state index contributed by atoms with van der Waals surface area (Å²) in [4.78, 5) is 13.0. The van der Waals surface area contributed by atoms with Crippen LogP contribution < -0.4 is 29.4 Å². The minimum atomic E-state index is -0.556. The molecule has 0 amide bonds. The van der Waals surface area contributed by atoms with E-state index in [0.717, 1.165) is 31.2 Å².